The number of hydrogen-bond donors (Lipinski definition) is 2. The quantitative estimate of drug-likeness (QED) is 0.595. The van der Waals surface area contributed by atoms with Gasteiger partial charge in [-0.15, -0.1) is 11.8 Å². The van der Waals surface area contributed by atoms with Gasteiger partial charge in [0.15, 0.2) is 0 Å². The maximum absolute atomic E-state index is 11.8. The van der Waals surface area contributed by atoms with Gasteiger partial charge in [0, 0.05) is 16.6 Å². The van der Waals surface area contributed by atoms with Gasteiger partial charge in [-0.05, 0) is 37.8 Å². The molecule has 0 fully saturated rings. The van der Waals surface area contributed by atoms with Gasteiger partial charge in [0.05, 0.1) is 5.75 Å². The summed E-state index contributed by atoms with van der Waals surface area (Å²) in [6.07, 6.45) is 2.17. The fraction of sp³-hybridized carbons (Fsp3) is 0.533. The van der Waals surface area contributed by atoms with Crippen LogP contribution < -0.4 is 11.1 Å². The molecule has 19 heavy (non-hydrogen) atoms. The van der Waals surface area contributed by atoms with E-state index in [2.05, 4.69) is 26.1 Å². The van der Waals surface area contributed by atoms with Crippen LogP contribution in [0.4, 0.5) is 5.69 Å². The molecular weight excluding hydrogens is 256 g/mol. The summed E-state index contributed by atoms with van der Waals surface area (Å²) in [7, 11) is 0. The van der Waals surface area contributed by atoms with Crippen LogP contribution in [0.2, 0.25) is 0 Å². The molecule has 0 heterocycles. The summed E-state index contributed by atoms with van der Waals surface area (Å²) in [6.45, 7) is 6.45. The molecule has 0 saturated carbocycles. The molecule has 1 aromatic carbocycles. The zero-order valence-electron chi connectivity index (χ0n) is 12.0. The van der Waals surface area contributed by atoms with Crippen molar-refractivity contribution in [1.82, 2.24) is 5.32 Å². The smallest absolute Gasteiger partial charge is 0.230 e. The number of benzene rings is 1. The van der Waals surface area contributed by atoms with Gasteiger partial charge < -0.3 is 11.1 Å². The molecule has 0 aliphatic carbocycles. The van der Waals surface area contributed by atoms with Crippen LogP contribution in [0.15, 0.2) is 29.2 Å². The molecule has 3 N–H and O–H groups in total. The molecular formula is C15H24N2OS. The first-order valence-corrected chi connectivity index (χ1v) is 7.74. The van der Waals surface area contributed by atoms with Gasteiger partial charge in [-0.3, -0.25) is 4.79 Å². The maximum Gasteiger partial charge on any atom is 0.230 e. The number of amides is 1. The van der Waals surface area contributed by atoms with Crippen molar-refractivity contribution < 1.29 is 4.79 Å². The summed E-state index contributed by atoms with van der Waals surface area (Å²) in [5, 5.41) is 3.02. The first kappa shape index (κ1) is 15.9. The first-order chi connectivity index (χ1) is 8.99. The van der Waals surface area contributed by atoms with E-state index in [1.54, 1.807) is 0 Å². The fourth-order valence-electron chi connectivity index (χ4n) is 1.73. The Balaban J connectivity index is 2.30. The van der Waals surface area contributed by atoms with Gasteiger partial charge in [-0.2, -0.15) is 0 Å². The Hall–Kier alpha value is -1.16. The van der Waals surface area contributed by atoms with Gasteiger partial charge in [0.25, 0.3) is 0 Å². The number of nitrogens with two attached hydrogens (primary N) is 1. The lowest BCUT2D eigenvalue weighted by molar-refractivity contribution is -0.119. The fourth-order valence-corrected chi connectivity index (χ4v) is 2.51. The number of nitrogens with one attached hydrogen (secondary N) is 1. The van der Waals surface area contributed by atoms with E-state index in [4.69, 9.17) is 5.73 Å². The number of para-hydroxylation sites is 1. The van der Waals surface area contributed by atoms with Crippen molar-refractivity contribution in [2.45, 2.75) is 44.6 Å². The van der Waals surface area contributed by atoms with Crippen LogP contribution in [-0.4, -0.2) is 17.7 Å². The minimum absolute atomic E-state index is 0.0736. The third-order valence-electron chi connectivity index (χ3n) is 2.86. The van der Waals surface area contributed by atoms with Gasteiger partial charge in [0.1, 0.15) is 0 Å². The number of rotatable bonds is 7. The summed E-state index contributed by atoms with van der Waals surface area (Å²) in [4.78, 5) is 12.8. The lowest BCUT2D eigenvalue weighted by Crippen LogP contribution is -2.34. The Morgan fingerprint density at radius 2 is 1.95 bits per heavy atom. The number of anilines is 1. The highest BCUT2D eigenvalue weighted by molar-refractivity contribution is 8.00. The normalized spacial score (nSPS) is 12.4. The van der Waals surface area contributed by atoms with Crippen LogP contribution in [0.3, 0.4) is 0 Å². The minimum Gasteiger partial charge on any atom is -0.398 e. The van der Waals surface area contributed by atoms with E-state index < -0.39 is 0 Å². The van der Waals surface area contributed by atoms with E-state index >= 15 is 0 Å². The second-order valence-corrected chi connectivity index (χ2v) is 6.28. The SMILES string of the molecule is CC(C)CCC(C)NC(=O)CSc1ccccc1N. The molecule has 1 unspecified atom stereocenters. The molecule has 106 valence electrons. The predicted octanol–water partition coefficient (Wildman–Crippen LogP) is 3.30. The zero-order chi connectivity index (χ0) is 14.3. The molecule has 1 rings (SSSR count). The number of hydrogen-bond acceptors (Lipinski definition) is 3. The van der Waals surface area contributed by atoms with E-state index in [0.717, 1.165) is 23.4 Å². The van der Waals surface area contributed by atoms with Crippen LogP contribution in [0.25, 0.3) is 0 Å². The maximum atomic E-state index is 11.8. The molecule has 0 aromatic heterocycles. The van der Waals surface area contributed by atoms with Gasteiger partial charge in [-0.25, -0.2) is 0 Å². The van der Waals surface area contributed by atoms with E-state index in [1.165, 1.54) is 11.8 Å². The molecule has 1 amide bonds. The molecule has 0 aliphatic rings. The Bertz CT molecular complexity index is 407. The monoisotopic (exact) mass is 280 g/mol. The largest absolute Gasteiger partial charge is 0.398 e. The summed E-state index contributed by atoms with van der Waals surface area (Å²) >= 11 is 1.48. The Kier molecular flexibility index (Phi) is 6.78. The molecule has 3 nitrogen and oxygen atoms in total. The van der Waals surface area contributed by atoms with Crippen LogP contribution in [0.5, 0.6) is 0 Å². The summed E-state index contributed by atoms with van der Waals surface area (Å²) in [5.74, 6) is 1.17. The van der Waals surface area contributed by atoms with Crippen molar-refractivity contribution in [2.24, 2.45) is 5.92 Å². The van der Waals surface area contributed by atoms with Crippen molar-refractivity contribution in [1.29, 1.82) is 0 Å². The highest BCUT2D eigenvalue weighted by atomic mass is 32.2. The van der Waals surface area contributed by atoms with Crippen molar-refractivity contribution in [3.05, 3.63) is 24.3 Å². The third kappa shape index (κ3) is 6.53. The molecule has 0 spiro atoms. The van der Waals surface area contributed by atoms with Gasteiger partial charge in [-0.1, -0.05) is 26.0 Å². The summed E-state index contributed by atoms with van der Waals surface area (Å²) < 4.78 is 0. The number of nitrogen functional groups attached to an aromatic ring is 1. The molecule has 0 bridgehead atoms. The van der Waals surface area contributed by atoms with Crippen molar-refractivity contribution in [2.75, 3.05) is 11.5 Å². The second-order valence-electron chi connectivity index (χ2n) is 5.27. The number of carbonyl (C=O) groups excluding carboxylic acids is 1. The summed E-state index contributed by atoms with van der Waals surface area (Å²) in [5.41, 5.74) is 6.57. The Morgan fingerprint density at radius 3 is 2.58 bits per heavy atom. The lowest BCUT2D eigenvalue weighted by atomic mass is 10.0. The van der Waals surface area contributed by atoms with Crippen molar-refractivity contribution in [3.8, 4) is 0 Å². The molecule has 4 heteroatoms. The van der Waals surface area contributed by atoms with Crippen LogP contribution in [0.1, 0.15) is 33.6 Å². The Labute approximate surface area is 120 Å². The minimum atomic E-state index is 0.0736. The zero-order valence-corrected chi connectivity index (χ0v) is 12.8. The third-order valence-corrected chi connectivity index (χ3v) is 3.95. The van der Waals surface area contributed by atoms with E-state index in [-0.39, 0.29) is 11.9 Å². The predicted molar refractivity (Wildman–Crippen MR) is 83.3 cm³/mol. The summed E-state index contributed by atoms with van der Waals surface area (Å²) in [6, 6.07) is 7.86. The van der Waals surface area contributed by atoms with Crippen molar-refractivity contribution >= 4 is 23.4 Å². The van der Waals surface area contributed by atoms with E-state index in [9.17, 15) is 4.79 Å². The average Bonchev–Trinajstić information content (AvgIpc) is 2.35. The highest BCUT2D eigenvalue weighted by Gasteiger charge is 2.09. The van der Waals surface area contributed by atoms with Gasteiger partial charge in [0.2, 0.25) is 5.91 Å². The number of carbonyl (C=O) groups is 1. The second kappa shape index (κ2) is 8.10. The highest BCUT2D eigenvalue weighted by Crippen LogP contribution is 2.23. The van der Waals surface area contributed by atoms with Crippen LogP contribution in [-0.2, 0) is 4.79 Å². The molecule has 1 atom stereocenters. The molecule has 1 aromatic rings. The van der Waals surface area contributed by atoms with E-state index in [0.29, 0.717) is 11.7 Å². The van der Waals surface area contributed by atoms with Gasteiger partial charge >= 0.3 is 0 Å². The van der Waals surface area contributed by atoms with Crippen molar-refractivity contribution in [3.63, 3.8) is 0 Å². The van der Waals surface area contributed by atoms with Crippen LogP contribution >= 0.6 is 11.8 Å². The first-order valence-electron chi connectivity index (χ1n) is 6.75. The van der Waals surface area contributed by atoms with Crippen LogP contribution in [0, 0.1) is 5.92 Å². The topological polar surface area (TPSA) is 55.1 Å². The standard InChI is InChI=1S/C15H24N2OS/c1-11(2)8-9-12(3)17-15(18)10-19-14-7-5-4-6-13(14)16/h4-7,11-12H,8-10,16H2,1-3H3,(H,17,18). The number of thioether (sulfide) groups is 1. The molecule has 0 radical (unpaired) electrons. The average molecular weight is 280 g/mol. The molecule has 0 saturated heterocycles. The van der Waals surface area contributed by atoms with E-state index in [1.807, 2.05) is 24.3 Å². The molecule has 0 aliphatic heterocycles. The Morgan fingerprint density at radius 1 is 1.26 bits per heavy atom. The lowest BCUT2D eigenvalue weighted by Gasteiger charge is -2.15.